The molecule has 0 spiro atoms. The van der Waals surface area contributed by atoms with Gasteiger partial charge in [0.1, 0.15) is 25.0 Å². The van der Waals surface area contributed by atoms with Crippen LogP contribution in [0, 0.1) is 10.1 Å². The molecule has 106 valence electrons. The highest BCUT2D eigenvalue weighted by Gasteiger charge is 2.27. The van der Waals surface area contributed by atoms with Crippen molar-refractivity contribution in [2.24, 2.45) is 0 Å². The molecule has 1 aromatic rings. The normalized spacial score (nSPS) is 18.5. The van der Waals surface area contributed by atoms with Gasteiger partial charge in [-0.3, -0.25) is 34.5 Å². The molecule has 1 saturated heterocycles. The lowest BCUT2D eigenvalue weighted by Gasteiger charge is -2.21. The first-order valence-corrected chi connectivity index (χ1v) is 5.75. The number of carbonyl (C=O) groups excluding carboxylic acids is 3. The van der Waals surface area contributed by atoms with Crippen LogP contribution < -0.4 is 10.6 Å². The van der Waals surface area contributed by atoms with E-state index in [0.29, 0.717) is 0 Å². The zero-order valence-corrected chi connectivity index (χ0v) is 10.2. The molecule has 2 N–H and O–H groups in total. The zero-order valence-electron chi connectivity index (χ0n) is 10.2. The van der Waals surface area contributed by atoms with Gasteiger partial charge in [-0.2, -0.15) is 5.10 Å². The average Bonchev–Trinajstić information content (AvgIpc) is 2.81. The van der Waals surface area contributed by atoms with Crippen molar-refractivity contribution < 1.29 is 19.3 Å². The number of nitrogens with one attached hydrogen (secondary N) is 2. The van der Waals surface area contributed by atoms with Crippen molar-refractivity contribution in [3.05, 3.63) is 22.5 Å². The summed E-state index contributed by atoms with van der Waals surface area (Å²) in [5, 5.41) is 18.7. The maximum atomic E-state index is 11.7. The molecule has 20 heavy (non-hydrogen) atoms. The second kappa shape index (κ2) is 5.47. The maximum Gasteiger partial charge on any atom is 0.307 e. The molecule has 10 nitrogen and oxygen atoms in total. The minimum absolute atomic E-state index is 0.157. The molecule has 2 rings (SSSR count). The number of piperidine rings is 1. The summed E-state index contributed by atoms with van der Waals surface area (Å²) in [6.45, 7) is -0.244. The smallest absolute Gasteiger partial charge is 0.307 e. The van der Waals surface area contributed by atoms with Gasteiger partial charge < -0.3 is 5.32 Å². The predicted octanol–water partition coefficient (Wildman–Crippen LogP) is -1.29. The van der Waals surface area contributed by atoms with E-state index < -0.39 is 22.8 Å². The van der Waals surface area contributed by atoms with E-state index in [-0.39, 0.29) is 31.0 Å². The SMILES string of the molecule is O=C1CCC(NC(=O)Cn2cc([N+](=O)[O-])cn2)C(=O)N1. The quantitative estimate of drug-likeness (QED) is 0.400. The van der Waals surface area contributed by atoms with Gasteiger partial charge in [0.2, 0.25) is 17.7 Å². The highest BCUT2D eigenvalue weighted by atomic mass is 16.6. The van der Waals surface area contributed by atoms with Crippen molar-refractivity contribution >= 4 is 23.4 Å². The lowest BCUT2D eigenvalue weighted by atomic mass is 10.1. The fourth-order valence-electron chi connectivity index (χ4n) is 1.75. The predicted molar refractivity (Wildman–Crippen MR) is 63.2 cm³/mol. The summed E-state index contributed by atoms with van der Waals surface area (Å²) in [6.07, 6.45) is 2.53. The van der Waals surface area contributed by atoms with E-state index in [1.54, 1.807) is 0 Å². The number of hydrogen-bond acceptors (Lipinski definition) is 6. The van der Waals surface area contributed by atoms with Crippen molar-refractivity contribution in [2.75, 3.05) is 0 Å². The molecule has 0 radical (unpaired) electrons. The Hall–Kier alpha value is -2.78. The summed E-state index contributed by atoms with van der Waals surface area (Å²) in [7, 11) is 0. The van der Waals surface area contributed by atoms with Crippen LogP contribution in [-0.4, -0.2) is 38.5 Å². The van der Waals surface area contributed by atoms with Crippen LogP contribution in [0.15, 0.2) is 12.4 Å². The lowest BCUT2D eigenvalue weighted by molar-refractivity contribution is -0.385. The Labute approximate surface area is 112 Å². The van der Waals surface area contributed by atoms with E-state index in [9.17, 15) is 24.5 Å². The Kier molecular flexibility index (Phi) is 3.73. The molecule has 1 fully saturated rings. The summed E-state index contributed by atoms with van der Waals surface area (Å²) in [6, 6.07) is -0.772. The van der Waals surface area contributed by atoms with Gasteiger partial charge in [-0.25, -0.2) is 0 Å². The third-order valence-corrected chi connectivity index (χ3v) is 2.71. The number of amides is 3. The number of imide groups is 1. The van der Waals surface area contributed by atoms with Crippen LogP contribution in [-0.2, 0) is 20.9 Å². The number of nitro groups is 1. The molecule has 10 heteroatoms. The number of aromatic nitrogens is 2. The number of carbonyl (C=O) groups is 3. The number of nitrogens with zero attached hydrogens (tertiary/aromatic N) is 3. The fourth-order valence-corrected chi connectivity index (χ4v) is 1.75. The average molecular weight is 281 g/mol. The van der Waals surface area contributed by atoms with Crippen LogP contribution in [0.5, 0.6) is 0 Å². The first-order chi connectivity index (χ1) is 9.45. The van der Waals surface area contributed by atoms with E-state index >= 15 is 0 Å². The van der Waals surface area contributed by atoms with Gasteiger partial charge >= 0.3 is 5.69 Å². The minimum Gasteiger partial charge on any atom is -0.343 e. The molecule has 1 aromatic heterocycles. The van der Waals surface area contributed by atoms with Gasteiger partial charge in [0, 0.05) is 6.42 Å². The second-order valence-corrected chi connectivity index (χ2v) is 4.22. The van der Waals surface area contributed by atoms with Crippen LogP contribution in [0.3, 0.4) is 0 Å². The van der Waals surface area contributed by atoms with Crippen molar-refractivity contribution in [3.63, 3.8) is 0 Å². The summed E-state index contributed by atoms with van der Waals surface area (Å²) < 4.78 is 1.10. The summed E-state index contributed by atoms with van der Waals surface area (Å²) >= 11 is 0. The highest BCUT2D eigenvalue weighted by Crippen LogP contribution is 2.08. The van der Waals surface area contributed by atoms with Crippen LogP contribution in [0.25, 0.3) is 0 Å². The third kappa shape index (κ3) is 3.16. The molecule has 0 aliphatic carbocycles. The van der Waals surface area contributed by atoms with E-state index in [4.69, 9.17) is 0 Å². The molecular weight excluding hydrogens is 270 g/mol. The molecule has 3 amide bonds. The van der Waals surface area contributed by atoms with Gasteiger partial charge in [0.15, 0.2) is 0 Å². The largest absolute Gasteiger partial charge is 0.343 e. The van der Waals surface area contributed by atoms with Crippen LogP contribution in [0.1, 0.15) is 12.8 Å². The van der Waals surface area contributed by atoms with Crippen LogP contribution in [0.2, 0.25) is 0 Å². The molecule has 1 aliphatic heterocycles. The van der Waals surface area contributed by atoms with Crippen molar-refractivity contribution in [3.8, 4) is 0 Å². The van der Waals surface area contributed by atoms with Gasteiger partial charge in [0.05, 0.1) is 4.92 Å². The van der Waals surface area contributed by atoms with E-state index in [1.807, 2.05) is 0 Å². The summed E-state index contributed by atoms with van der Waals surface area (Å²) in [5.41, 5.74) is -0.223. The molecule has 0 saturated carbocycles. The number of hydrogen-bond donors (Lipinski definition) is 2. The van der Waals surface area contributed by atoms with Crippen LogP contribution >= 0.6 is 0 Å². The molecular formula is C10H11N5O5. The molecule has 1 aliphatic rings. The second-order valence-electron chi connectivity index (χ2n) is 4.22. The Morgan fingerprint density at radius 3 is 2.95 bits per heavy atom. The van der Waals surface area contributed by atoms with Crippen molar-refractivity contribution in [2.45, 2.75) is 25.4 Å². The fraction of sp³-hybridized carbons (Fsp3) is 0.400. The van der Waals surface area contributed by atoms with Crippen molar-refractivity contribution in [1.82, 2.24) is 20.4 Å². The zero-order chi connectivity index (χ0) is 14.7. The minimum atomic E-state index is -0.772. The molecule has 0 bridgehead atoms. The Morgan fingerprint density at radius 1 is 1.60 bits per heavy atom. The Morgan fingerprint density at radius 2 is 2.35 bits per heavy atom. The molecule has 1 unspecified atom stereocenters. The van der Waals surface area contributed by atoms with Gasteiger partial charge in [-0.1, -0.05) is 0 Å². The molecule has 1 atom stereocenters. The van der Waals surface area contributed by atoms with Gasteiger partial charge in [0.25, 0.3) is 0 Å². The Bertz CT molecular complexity index is 580. The summed E-state index contributed by atoms with van der Waals surface area (Å²) in [5.74, 6) is -1.44. The molecule has 0 aromatic carbocycles. The first-order valence-electron chi connectivity index (χ1n) is 5.75. The maximum absolute atomic E-state index is 11.7. The standard InChI is InChI=1S/C10H11N5O5/c16-8-2-1-7(10(18)13-8)12-9(17)5-14-4-6(3-11-14)15(19)20/h3-4,7H,1-2,5H2,(H,12,17)(H,13,16,18). The van der Waals surface area contributed by atoms with E-state index in [1.165, 1.54) is 0 Å². The van der Waals surface area contributed by atoms with Gasteiger partial charge in [-0.05, 0) is 6.42 Å². The third-order valence-electron chi connectivity index (χ3n) is 2.71. The lowest BCUT2D eigenvalue weighted by Crippen LogP contribution is -2.52. The van der Waals surface area contributed by atoms with E-state index in [2.05, 4.69) is 15.7 Å². The summed E-state index contributed by atoms with van der Waals surface area (Å²) in [4.78, 5) is 43.9. The van der Waals surface area contributed by atoms with Crippen LogP contribution in [0.4, 0.5) is 5.69 Å². The van der Waals surface area contributed by atoms with Crippen molar-refractivity contribution in [1.29, 1.82) is 0 Å². The highest BCUT2D eigenvalue weighted by molar-refractivity contribution is 6.01. The van der Waals surface area contributed by atoms with Gasteiger partial charge in [-0.15, -0.1) is 0 Å². The topological polar surface area (TPSA) is 136 Å². The number of rotatable bonds is 4. The first kappa shape index (κ1) is 13.6. The molecule has 2 heterocycles. The monoisotopic (exact) mass is 281 g/mol. The Balaban J connectivity index is 1.90. The van der Waals surface area contributed by atoms with E-state index in [0.717, 1.165) is 17.1 Å².